The number of tetrazole rings is 1. The second-order valence-corrected chi connectivity index (χ2v) is 7.93. The number of nitrogens with one attached hydrogen (secondary N) is 1. The summed E-state index contributed by atoms with van der Waals surface area (Å²) >= 11 is 0. The van der Waals surface area contributed by atoms with E-state index in [1.807, 2.05) is 17.0 Å². The maximum atomic E-state index is 12.8. The number of benzene rings is 1. The van der Waals surface area contributed by atoms with E-state index >= 15 is 0 Å². The van der Waals surface area contributed by atoms with Crippen LogP contribution in [0.3, 0.4) is 0 Å². The van der Waals surface area contributed by atoms with E-state index in [0.29, 0.717) is 18.1 Å². The van der Waals surface area contributed by atoms with Crippen molar-refractivity contribution >= 4 is 5.91 Å². The number of piperidine rings is 1. The van der Waals surface area contributed by atoms with Gasteiger partial charge in [-0.2, -0.15) is 5.21 Å². The molecule has 2 aromatic rings. The van der Waals surface area contributed by atoms with Crippen molar-refractivity contribution < 1.29 is 9.53 Å². The fourth-order valence-electron chi connectivity index (χ4n) is 3.28. The van der Waals surface area contributed by atoms with Crippen molar-refractivity contribution in [1.82, 2.24) is 25.5 Å². The van der Waals surface area contributed by atoms with Gasteiger partial charge >= 0.3 is 0 Å². The number of carbonyl (C=O) groups excluding carboxylic acids is 1. The number of hydrogen-bond donors (Lipinski definition) is 1. The molecular formula is C19H27N5O2. The minimum Gasteiger partial charge on any atom is -0.481 e. The molecule has 26 heavy (non-hydrogen) atoms. The smallest absolute Gasteiger partial charge is 0.263 e. The Balaban J connectivity index is 1.60. The van der Waals surface area contributed by atoms with Crippen molar-refractivity contribution in [2.24, 2.45) is 0 Å². The molecule has 1 aliphatic heterocycles. The van der Waals surface area contributed by atoms with E-state index in [1.54, 1.807) is 6.92 Å². The fraction of sp³-hybridized carbons (Fsp3) is 0.579. The highest BCUT2D eigenvalue weighted by atomic mass is 16.5. The molecule has 0 unspecified atom stereocenters. The molecular weight excluding hydrogens is 330 g/mol. The fourth-order valence-corrected chi connectivity index (χ4v) is 3.28. The van der Waals surface area contributed by atoms with Crippen LogP contribution in [0.25, 0.3) is 0 Å². The molecule has 1 N–H and O–H groups in total. The lowest BCUT2D eigenvalue weighted by atomic mass is 9.87. The number of aromatic amines is 1. The first kappa shape index (κ1) is 18.4. The van der Waals surface area contributed by atoms with Crippen molar-refractivity contribution in [3.8, 4) is 5.75 Å². The van der Waals surface area contributed by atoms with E-state index in [2.05, 4.69) is 53.5 Å². The molecule has 1 fully saturated rings. The standard InChI is InChI=1S/C19H27N5O2/c1-13(26-16-9-7-15(8-10-16)19(2,3)4)18(25)24-11-5-6-14(12-24)17-20-22-23-21-17/h7-10,13-14H,5-6,11-12H2,1-4H3,(H,20,21,22,23)/t13-,14-/m1/s1. The second-order valence-electron chi connectivity index (χ2n) is 7.93. The van der Waals surface area contributed by atoms with E-state index < -0.39 is 6.10 Å². The summed E-state index contributed by atoms with van der Waals surface area (Å²) < 4.78 is 5.88. The molecule has 0 bridgehead atoms. The Morgan fingerprint density at radius 2 is 2.04 bits per heavy atom. The molecule has 2 heterocycles. The van der Waals surface area contributed by atoms with Crippen molar-refractivity contribution in [2.45, 2.75) is 58.0 Å². The Morgan fingerprint density at radius 3 is 2.65 bits per heavy atom. The number of amides is 1. The summed E-state index contributed by atoms with van der Waals surface area (Å²) in [5.74, 6) is 1.52. The van der Waals surface area contributed by atoms with Crippen LogP contribution in [-0.4, -0.2) is 50.6 Å². The number of aromatic nitrogens is 4. The normalized spacial score (nSPS) is 19.2. The van der Waals surface area contributed by atoms with Gasteiger partial charge in [-0.3, -0.25) is 4.79 Å². The summed E-state index contributed by atoms with van der Waals surface area (Å²) in [6.07, 6.45) is 1.37. The van der Waals surface area contributed by atoms with Gasteiger partial charge < -0.3 is 9.64 Å². The van der Waals surface area contributed by atoms with Crippen molar-refractivity contribution in [3.63, 3.8) is 0 Å². The molecule has 1 amide bonds. The number of ether oxygens (including phenoxy) is 1. The molecule has 7 nitrogen and oxygen atoms in total. The summed E-state index contributed by atoms with van der Waals surface area (Å²) in [4.78, 5) is 14.6. The predicted octanol–water partition coefficient (Wildman–Crippen LogP) is 2.67. The van der Waals surface area contributed by atoms with Crippen LogP contribution >= 0.6 is 0 Å². The minimum atomic E-state index is -0.528. The highest BCUT2D eigenvalue weighted by Crippen LogP contribution is 2.26. The summed E-state index contributed by atoms with van der Waals surface area (Å²) in [6.45, 7) is 9.67. The Kier molecular flexibility index (Phi) is 5.25. The van der Waals surface area contributed by atoms with Gasteiger partial charge in [0.15, 0.2) is 11.9 Å². The van der Waals surface area contributed by atoms with Crippen LogP contribution in [-0.2, 0) is 10.2 Å². The maximum absolute atomic E-state index is 12.8. The quantitative estimate of drug-likeness (QED) is 0.909. The Morgan fingerprint density at radius 1 is 1.31 bits per heavy atom. The van der Waals surface area contributed by atoms with Gasteiger partial charge in [0, 0.05) is 19.0 Å². The first-order valence-corrected chi connectivity index (χ1v) is 9.14. The zero-order valence-corrected chi connectivity index (χ0v) is 15.9. The van der Waals surface area contributed by atoms with Gasteiger partial charge in [-0.15, -0.1) is 10.2 Å². The SMILES string of the molecule is C[C@@H](Oc1ccc(C(C)(C)C)cc1)C(=O)N1CCC[C@@H](c2nn[nH]n2)C1. The molecule has 3 rings (SSSR count). The molecule has 0 aliphatic carbocycles. The third-order valence-corrected chi connectivity index (χ3v) is 4.84. The summed E-state index contributed by atoms with van der Waals surface area (Å²) in [6, 6.07) is 7.98. The third-order valence-electron chi connectivity index (χ3n) is 4.84. The molecule has 2 atom stereocenters. The van der Waals surface area contributed by atoms with E-state index in [0.717, 1.165) is 19.4 Å². The maximum Gasteiger partial charge on any atom is 0.263 e. The molecule has 1 aromatic heterocycles. The monoisotopic (exact) mass is 357 g/mol. The number of rotatable bonds is 4. The summed E-state index contributed by atoms with van der Waals surface area (Å²) in [7, 11) is 0. The molecule has 0 saturated carbocycles. The van der Waals surface area contributed by atoms with Crippen LogP contribution in [0.2, 0.25) is 0 Å². The first-order chi connectivity index (χ1) is 12.3. The molecule has 1 aliphatic rings. The number of carbonyl (C=O) groups is 1. The molecule has 1 aromatic carbocycles. The second kappa shape index (κ2) is 7.43. The Hall–Kier alpha value is -2.44. The highest BCUT2D eigenvalue weighted by molar-refractivity contribution is 5.81. The summed E-state index contributed by atoms with van der Waals surface area (Å²) in [5.41, 5.74) is 1.33. The van der Waals surface area contributed by atoms with Gasteiger partial charge in [0.2, 0.25) is 0 Å². The molecule has 7 heteroatoms. The van der Waals surface area contributed by atoms with Gasteiger partial charge in [-0.05, 0) is 42.9 Å². The first-order valence-electron chi connectivity index (χ1n) is 9.14. The lowest BCUT2D eigenvalue weighted by Gasteiger charge is -2.33. The van der Waals surface area contributed by atoms with Crippen LogP contribution < -0.4 is 4.74 Å². The minimum absolute atomic E-state index is 0.00177. The van der Waals surface area contributed by atoms with Crippen molar-refractivity contribution in [1.29, 1.82) is 0 Å². The van der Waals surface area contributed by atoms with Gasteiger partial charge in [0.25, 0.3) is 5.91 Å². The van der Waals surface area contributed by atoms with E-state index in [1.165, 1.54) is 5.56 Å². The lowest BCUT2D eigenvalue weighted by molar-refractivity contribution is -0.139. The van der Waals surface area contributed by atoms with Gasteiger partial charge in [-0.1, -0.05) is 38.1 Å². The van der Waals surface area contributed by atoms with E-state index in [-0.39, 0.29) is 17.2 Å². The Bertz CT molecular complexity index is 721. The van der Waals surface area contributed by atoms with E-state index in [4.69, 9.17) is 4.74 Å². The number of nitrogens with zero attached hydrogens (tertiary/aromatic N) is 4. The Labute approximate surface area is 154 Å². The van der Waals surface area contributed by atoms with Crippen LogP contribution in [0.4, 0.5) is 0 Å². The van der Waals surface area contributed by atoms with E-state index in [9.17, 15) is 4.79 Å². The average molecular weight is 357 g/mol. The van der Waals surface area contributed by atoms with Crippen LogP contribution in [0.15, 0.2) is 24.3 Å². The van der Waals surface area contributed by atoms with Crippen LogP contribution in [0.5, 0.6) is 5.75 Å². The molecule has 0 spiro atoms. The third kappa shape index (κ3) is 4.20. The van der Waals surface area contributed by atoms with Gasteiger partial charge in [0.1, 0.15) is 5.75 Å². The number of hydrogen-bond acceptors (Lipinski definition) is 5. The topological polar surface area (TPSA) is 84.0 Å². The van der Waals surface area contributed by atoms with Crippen molar-refractivity contribution in [2.75, 3.05) is 13.1 Å². The average Bonchev–Trinajstić information content (AvgIpc) is 3.15. The molecule has 0 radical (unpaired) electrons. The predicted molar refractivity (Wildman–Crippen MR) is 98.0 cm³/mol. The van der Waals surface area contributed by atoms with Crippen LogP contribution in [0.1, 0.15) is 57.8 Å². The van der Waals surface area contributed by atoms with Crippen molar-refractivity contribution in [3.05, 3.63) is 35.7 Å². The molecule has 1 saturated heterocycles. The van der Waals surface area contributed by atoms with Gasteiger partial charge in [0.05, 0.1) is 0 Å². The number of H-pyrrole nitrogens is 1. The van der Waals surface area contributed by atoms with Gasteiger partial charge in [-0.25, -0.2) is 0 Å². The lowest BCUT2D eigenvalue weighted by Crippen LogP contribution is -2.45. The zero-order valence-electron chi connectivity index (χ0n) is 15.9. The molecule has 140 valence electrons. The van der Waals surface area contributed by atoms with Crippen LogP contribution in [0, 0.1) is 0 Å². The largest absolute Gasteiger partial charge is 0.481 e. The highest BCUT2D eigenvalue weighted by Gasteiger charge is 2.30. The number of likely N-dealkylation sites (tertiary alicyclic amines) is 1. The summed E-state index contributed by atoms with van der Waals surface area (Å²) in [5, 5.41) is 14.2. The zero-order chi connectivity index (χ0) is 18.7.